The molecule has 2 aliphatic rings. The van der Waals surface area contributed by atoms with Gasteiger partial charge in [-0.15, -0.1) is 0 Å². The molecule has 5 rings (SSSR count). The van der Waals surface area contributed by atoms with Gasteiger partial charge in [-0.25, -0.2) is 0 Å². The number of pyridine rings is 1. The van der Waals surface area contributed by atoms with Crippen LogP contribution < -0.4 is 4.74 Å². The molecule has 4 heteroatoms. The summed E-state index contributed by atoms with van der Waals surface area (Å²) in [6.07, 6.45) is 8.95. The van der Waals surface area contributed by atoms with Gasteiger partial charge >= 0.3 is 0 Å². The van der Waals surface area contributed by atoms with Gasteiger partial charge < -0.3 is 9.84 Å². The number of benzene rings is 2. The standard InChI is InChI=1S/C35H46N2O2/c1-6-25-13-10-14-26(7-2)34(25)31-22-33(39-28-18-20-35(4,38)21-19-28)30(24(3)36-31)23-37(5)32-17-11-15-27-12-8-9-16-29(27)32/h8-10,12-14,16,22,28,32,38H,6-7,11,15,17-21,23H2,1-5H3. The zero-order valence-corrected chi connectivity index (χ0v) is 24.6. The van der Waals surface area contributed by atoms with Gasteiger partial charge in [0.2, 0.25) is 0 Å². The van der Waals surface area contributed by atoms with Crippen LogP contribution in [0.1, 0.15) is 98.8 Å². The predicted molar refractivity (Wildman–Crippen MR) is 160 cm³/mol. The van der Waals surface area contributed by atoms with Crippen molar-refractivity contribution in [3.05, 3.63) is 82.0 Å². The third-order valence-electron chi connectivity index (χ3n) is 9.13. The normalized spacial score (nSPS) is 23.1. The zero-order valence-electron chi connectivity index (χ0n) is 24.6. The molecule has 0 saturated heterocycles. The number of fused-ring (bicyclic) bond motifs is 1. The van der Waals surface area contributed by atoms with Crippen LogP contribution in [0.2, 0.25) is 0 Å². The fourth-order valence-corrected chi connectivity index (χ4v) is 6.72. The second-order valence-corrected chi connectivity index (χ2v) is 12.1. The van der Waals surface area contributed by atoms with Crippen molar-refractivity contribution in [2.45, 2.75) is 110 Å². The fourth-order valence-electron chi connectivity index (χ4n) is 6.72. The molecule has 4 nitrogen and oxygen atoms in total. The van der Waals surface area contributed by atoms with Gasteiger partial charge in [-0.05, 0) is 101 Å². The maximum absolute atomic E-state index is 10.5. The Kier molecular flexibility index (Phi) is 8.44. The van der Waals surface area contributed by atoms with Gasteiger partial charge in [0.1, 0.15) is 5.75 Å². The van der Waals surface area contributed by atoms with Crippen LogP contribution in [0, 0.1) is 6.92 Å². The lowest BCUT2D eigenvalue weighted by Gasteiger charge is -2.35. The highest BCUT2D eigenvalue weighted by Gasteiger charge is 2.31. The summed E-state index contributed by atoms with van der Waals surface area (Å²) in [5, 5.41) is 10.5. The number of aliphatic hydroxyl groups is 1. The van der Waals surface area contributed by atoms with E-state index >= 15 is 0 Å². The Morgan fingerprint density at radius 3 is 2.38 bits per heavy atom. The summed E-state index contributed by atoms with van der Waals surface area (Å²) in [6.45, 7) is 9.35. The van der Waals surface area contributed by atoms with Gasteiger partial charge in [-0.1, -0.05) is 56.3 Å². The Morgan fingerprint density at radius 2 is 1.69 bits per heavy atom. The number of hydrogen-bond acceptors (Lipinski definition) is 4. The van der Waals surface area contributed by atoms with Gasteiger partial charge in [0.15, 0.2) is 0 Å². The van der Waals surface area contributed by atoms with Gasteiger partial charge in [0.25, 0.3) is 0 Å². The fraction of sp³-hybridized carbons (Fsp3) is 0.514. The third kappa shape index (κ3) is 6.07. The highest BCUT2D eigenvalue weighted by molar-refractivity contribution is 5.70. The van der Waals surface area contributed by atoms with Gasteiger partial charge in [0, 0.05) is 35.5 Å². The van der Waals surface area contributed by atoms with Gasteiger partial charge in [-0.2, -0.15) is 0 Å². The highest BCUT2D eigenvalue weighted by atomic mass is 16.5. The first-order valence-corrected chi connectivity index (χ1v) is 15.1. The van der Waals surface area contributed by atoms with Crippen molar-refractivity contribution in [1.82, 2.24) is 9.88 Å². The van der Waals surface area contributed by atoms with Crippen LogP contribution in [0.3, 0.4) is 0 Å². The molecule has 1 atom stereocenters. The number of aryl methyl sites for hydroxylation is 4. The molecule has 1 fully saturated rings. The predicted octanol–water partition coefficient (Wildman–Crippen LogP) is 7.76. The lowest BCUT2D eigenvalue weighted by atomic mass is 9.85. The molecule has 0 radical (unpaired) electrons. The van der Waals surface area contributed by atoms with E-state index in [0.717, 1.165) is 62.2 Å². The summed E-state index contributed by atoms with van der Waals surface area (Å²) >= 11 is 0. The highest BCUT2D eigenvalue weighted by Crippen LogP contribution is 2.39. The molecule has 0 spiro atoms. The van der Waals surface area contributed by atoms with Crippen LogP contribution in [0.15, 0.2) is 48.5 Å². The molecule has 1 N–H and O–H groups in total. The third-order valence-corrected chi connectivity index (χ3v) is 9.13. The summed E-state index contributed by atoms with van der Waals surface area (Å²) in [6, 6.07) is 18.2. The molecule has 1 unspecified atom stereocenters. The molecule has 2 aliphatic carbocycles. The van der Waals surface area contributed by atoms with Crippen LogP contribution >= 0.6 is 0 Å². The summed E-state index contributed by atoms with van der Waals surface area (Å²) in [7, 11) is 2.25. The molecule has 0 bridgehead atoms. The van der Waals surface area contributed by atoms with E-state index in [1.165, 1.54) is 52.6 Å². The van der Waals surface area contributed by atoms with Crippen molar-refractivity contribution in [1.29, 1.82) is 0 Å². The van der Waals surface area contributed by atoms with Crippen molar-refractivity contribution < 1.29 is 9.84 Å². The van der Waals surface area contributed by atoms with Gasteiger partial charge in [0.05, 0.1) is 17.4 Å². The van der Waals surface area contributed by atoms with Gasteiger partial charge in [-0.3, -0.25) is 9.88 Å². The second-order valence-electron chi connectivity index (χ2n) is 12.1. The molecule has 3 aromatic rings. The lowest BCUT2D eigenvalue weighted by molar-refractivity contribution is -0.0112. The number of aromatic nitrogens is 1. The molecule has 1 heterocycles. The largest absolute Gasteiger partial charge is 0.490 e. The molecule has 2 aromatic carbocycles. The number of hydrogen-bond donors (Lipinski definition) is 1. The van der Waals surface area contributed by atoms with E-state index in [1.54, 1.807) is 0 Å². The Morgan fingerprint density at radius 1 is 1.00 bits per heavy atom. The van der Waals surface area contributed by atoms with E-state index in [0.29, 0.717) is 6.04 Å². The zero-order chi connectivity index (χ0) is 27.6. The quantitative estimate of drug-likeness (QED) is 0.326. The maximum atomic E-state index is 10.5. The molecule has 39 heavy (non-hydrogen) atoms. The molecular weight excluding hydrogens is 480 g/mol. The first-order valence-electron chi connectivity index (χ1n) is 15.1. The first kappa shape index (κ1) is 27.9. The minimum Gasteiger partial charge on any atom is -0.490 e. The maximum Gasteiger partial charge on any atom is 0.128 e. The first-order chi connectivity index (χ1) is 18.8. The van der Waals surface area contributed by atoms with Crippen molar-refractivity contribution in [3.8, 4) is 17.0 Å². The monoisotopic (exact) mass is 526 g/mol. The second kappa shape index (κ2) is 11.8. The van der Waals surface area contributed by atoms with E-state index in [9.17, 15) is 5.11 Å². The van der Waals surface area contributed by atoms with E-state index in [4.69, 9.17) is 9.72 Å². The number of nitrogens with zero attached hydrogens (tertiary/aromatic N) is 2. The average molecular weight is 527 g/mol. The van der Waals surface area contributed by atoms with E-state index in [-0.39, 0.29) is 6.10 Å². The van der Waals surface area contributed by atoms with Crippen molar-refractivity contribution >= 4 is 0 Å². The summed E-state index contributed by atoms with van der Waals surface area (Å²) in [5.41, 5.74) is 9.58. The number of rotatable bonds is 8. The number of ether oxygens (including phenoxy) is 1. The Balaban J connectivity index is 1.52. The van der Waals surface area contributed by atoms with Crippen LogP contribution in [-0.2, 0) is 25.8 Å². The Labute approximate surface area is 235 Å². The minimum atomic E-state index is -0.577. The molecular formula is C35H46N2O2. The average Bonchev–Trinajstić information content (AvgIpc) is 2.94. The lowest BCUT2D eigenvalue weighted by Crippen LogP contribution is -2.35. The van der Waals surface area contributed by atoms with E-state index < -0.39 is 5.60 Å². The topological polar surface area (TPSA) is 45.6 Å². The molecule has 1 aromatic heterocycles. The molecule has 0 aliphatic heterocycles. The smallest absolute Gasteiger partial charge is 0.128 e. The Bertz CT molecular complexity index is 1270. The van der Waals surface area contributed by atoms with Crippen LogP contribution in [-0.4, -0.2) is 33.7 Å². The summed E-state index contributed by atoms with van der Waals surface area (Å²) < 4.78 is 6.85. The molecule has 208 valence electrons. The van der Waals surface area contributed by atoms with E-state index in [1.807, 2.05) is 6.92 Å². The summed E-state index contributed by atoms with van der Waals surface area (Å²) in [4.78, 5) is 7.73. The minimum absolute atomic E-state index is 0.117. The Hall–Kier alpha value is -2.69. The van der Waals surface area contributed by atoms with Crippen molar-refractivity contribution in [2.24, 2.45) is 0 Å². The van der Waals surface area contributed by atoms with Crippen LogP contribution in [0.4, 0.5) is 0 Å². The van der Waals surface area contributed by atoms with Crippen molar-refractivity contribution in [2.75, 3.05) is 7.05 Å². The molecule has 0 amide bonds. The molecule has 1 saturated carbocycles. The van der Waals surface area contributed by atoms with E-state index in [2.05, 4.69) is 81.2 Å². The SMILES string of the molecule is CCc1cccc(CC)c1-c1cc(OC2CCC(C)(O)CC2)c(CN(C)C2CCCc3ccccc32)c(C)n1. The van der Waals surface area contributed by atoms with Crippen LogP contribution in [0.5, 0.6) is 5.75 Å². The summed E-state index contributed by atoms with van der Waals surface area (Å²) in [5.74, 6) is 0.966. The van der Waals surface area contributed by atoms with Crippen LogP contribution in [0.25, 0.3) is 11.3 Å². The van der Waals surface area contributed by atoms with Crippen molar-refractivity contribution in [3.63, 3.8) is 0 Å².